The lowest BCUT2D eigenvalue weighted by molar-refractivity contribution is -0.385. The predicted molar refractivity (Wildman–Crippen MR) is 86.1 cm³/mol. The first-order chi connectivity index (χ1) is 12.4. The van der Waals surface area contributed by atoms with Crippen LogP contribution in [0.25, 0.3) is 0 Å². The number of carbonyl (C=O) groups is 2. The molecule has 1 aromatic rings. The summed E-state index contributed by atoms with van der Waals surface area (Å²) >= 11 is 0. The molecule has 0 radical (unpaired) electrons. The molecule has 138 valence electrons. The largest absolute Gasteiger partial charge is 0.514 e. The van der Waals surface area contributed by atoms with E-state index in [4.69, 9.17) is 9.47 Å². The molecule has 2 rings (SSSR count). The first-order valence-electron chi connectivity index (χ1n) is 7.18. The number of para-hydroxylation sites is 1. The Hall–Kier alpha value is -3.63. The number of nitro benzene ring substituents is 1. The molecule has 0 aromatic heterocycles. The lowest BCUT2D eigenvalue weighted by Gasteiger charge is -2.25. The van der Waals surface area contributed by atoms with Gasteiger partial charge in [0.15, 0.2) is 0 Å². The smallest absolute Gasteiger partial charge is 0.437 e. The standard InChI is InChI=1S/C15H15N3O8/c1-8-12(25-14(19)23-2)11(13(17-16-8)26-15(20)24-3)9-6-4-5-7-10(9)18(21)22/h4-7,11,16H,1-3H3. The van der Waals surface area contributed by atoms with Crippen LogP contribution in [0.4, 0.5) is 15.3 Å². The number of ether oxygens (including phenoxy) is 4. The van der Waals surface area contributed by atoms with Gasteiger partial charge in [0.1, 0.15) is 11.7 Å². The quantitative estimate of drug-likeness (QED) is 0.486. The van der Waals surface area contributed by atoms with Gasteiger partial charge in [-0.25, -0.2) is 9.59 Å². The van der Waals surface area contributed by atoms with E-state index in [1.807, 2.05) is 0 Å². The highest BCUT2D eigenvalue weighted by molar-refractivity contribution is 5.94. The molecule has 1 aromatic carbocycles. The second-order valence-corrected chi connectivity index (χ2v) is 4.91. The Bertz CT molecular complexity index is 802. The van der Waals surface area contributed by atoms with Gasteiger partial charge in [-0.15, -0.1) is 5.10 Å². The predicted octanol–water partition coefficient (Wildman–Crippen LogP) is 2.39. The third-order valence-corrected chi connectivity index (χ3v) is 3.37. The number of allylic oxidation sites excluding steroid dienone is 1. The Balaban J connectivity index is 2.58. The molecule has 1 atom stereocenters. The van der Waals surface area contributed by atoms with E-state index < -0.39 is 23.2 Å². The van der Waals surface area contributed by atoms with Gasteiger partial charge in [0.2, 0.25) is 5.90 Å². The first kappa shape index (κ1) is 18.7. The zero-order valence-electron chi connectivity index (χ0n) is 14.0. The summed E-state index contributed by atoms with van der Waals surface area (Å²) in [6, 6.07) is 5.71. The van der Waals surface area contributed by atoms with E-state index in [0.29, 0.717) is 0 Å². The highest BCUT2D eigenvalue weighted by Crippen LogP contribution is 2.37. The fourth-order valence-electron chi connectivity index (χ4n) is 2.24. The molecule has 1 aliphatic rings. The maximum Gasteiger partial charge on any atom is 0.514 e. The fraction of sp³-hybridized carbons (Fsp3) is 0.267. The van der Waals surface area contributed by atoms with Crippen LogP contribution < -0.4 is 5.43 Å². The summed E-state index contributed by atoms with van der Waals surface area (Å²) in [6.45, 7) is 1.53. The highest BCUT2D eigenvalue weighted by atomic mass is 16.7. The van der Waals surface area contributed by atoms with Crippen molar-refractivity contribution >= 4 is 23.9 Å². The van der Waals surface area contributed by atoms with Gasteiger partial charge in [-0.2, -0.15) is 0 Å². The number of benzene rings is 1. The summed E-state index contributed by atoms with van der Waals surface area (Å²) in [5.74, 6) is -1.52. The third-order valence-electron chi connectivity index (χ3n) is 3.37. The van der Waals surface area contributed by atoms with Gasteiger partial charge >= 0.3 is 12.3 Å². The van der Waals surface area contributed by atoms with Crippen molar-refractivity contribution in [1.29, 1.82) is 0 Å². The molecule has 1 unspecified atom stereocenters. The number of rotatable bonds is 3. The molecule has 11 heteroatoms. The Kier molecular flexibility index (Phi) is 5.73. The molecular formula is C15H15N3O8. The van der Waals surface area contributed by atoms with Crippen LogP contribution in [0.3, 0.4) is 0 Å². The van der Waals surface area contributed by atoms with E-state index in [1.165, 1.54) is 25.1 Å². The maximum absolute atomic E-state index is 11.6. The molecule has 1 N–H and O–H groups in total. The molecule has 0 fully saturated rings. The zero-order chi connectivity index (χ0) is 19.3. The number of hydrogen-bond acceptors (Lipinski definition) is 10. The lowest BCUT2D eigenvalue weighted by atomic mass is 9.93. The average molecular weight is 365 g/mol. The minimum absolute atomic E-state index is 0.0694. The SMILES string of the molecule is COC(=O)OC1=NNC(C)=C(OC(=O)OC)C1c1ccccc1[N+](=O)[O-]. The lowest BCUT2D eigenvalue weighted by Crippen LogP contribution is -2.32. The number of carbonyl (C=O) groups excluding carboxylic acids is 2. The van der Waals surface area contributed by atoms with Crippen LogP contribution in [0.2, 0.25) is 0 Å². The minimum Gasteiger partial charge on any atom is -0.437 e. The van der Waals surface area contributed by atoms with Gasteiger partial charge in [0, 0.05) is 11.6 Å². The Morgan fingerprint density at radius 3 is 2.38 bits per heavy atom. The number of methoxy groups -OCH3 is 2. The molecule has 0 saturated heterocycles. The molecular weight excluding hydrogens is 350 g/mol. The monoisotopic (exact) mass is 365 g/mol. The third kappa shape index (κ3) is 3.88. The molecule has 0 amide bonds. The van der Waals surface area contributed by atoms with E-state index in [2.05, 4.69) is 20.0 Å². The van der Waals surface area contributed by atoms with Crippen LogP contribution in [0.5, 0.6) is 0 Å². The zero-order valence-corrected chi connectivity index (χ0v) is 14.0. The van der Waals surface area contributed by atoms with Gasteiger partial charge < -0.3 is 18.9 Å². The Morgan fingerprint density at radius 1 is 1.15 bits per heavy atom. The highest BCUT2D eigenvalue weighted by Gasteiger charge is 2.38. The second kappa shape index (κ2) is 7.96. The van der Waals surface area contributed by atoms with E-state index in [1.54, 1.807) is 6.07 Å². The van der Waals surface area contributed by atoms with E-state index in [0.717, 1.165) is 14.2 Å². The number of nitrogens with one attached hydrogen (secondary N) is 1. The molecule has 0 saturated carbocycles. The molecule has 1 aliphatic heterocycles. The summed E-state index contributed by atoms with van der Waals surface area (Å²) in [5.41, 5.74) is 2.61. The molecule has 0 aliphatic carbocycles. The maximum atomic E-state index is 11.6. The van der Waals surface area contributed by atoms with Crippen LogP contribution in [0.1, 0.15) is 18.4 Å². The van der Waals surface area contributed by atoms with Crippen LogP contribution in [0.15, 0.2) is 40.8 Å². The number of hydrogen-bond donors (Lipinski definition) is 1. The van der Waals surface area contributed by atoms with Crippen molar-refractivity contribution in [3.8, 4) is 0 Å². The summed E-state index contributed by atoms with van der Waals surface area (Å²) in [4.78, 5) is 33.9. The average Bonchev–Trinajstić information content (AvgIpc) is 2.64. The normalized spacial score (nSPS) is 16.1. The van der Waals surface area contributed by atoms with Gasteiger partial charge in [0.05, 0.1) is 24.8 Å². The number of nitrogens with zero attached hydrogens (tertiary/aromatic N) is 2. The Labute approximate surface area is 147 Å². The molecule has 11 nitrogen and oxygen atoms in total. The van der Waals surface area contributed by atoms with Crippen molar-refractivity contribution in [2.45, 2.75) is 12.8 Å². The van der Waals surface area contributed by atoms with Crippen LogP contribution in [-0.2, 0) is 18.9 Å². The van der Waals surface area contributed by atoms with Crippen LogP contribution >= 0.6 is 0 Å². The summed E-state index contributed by atoms with van der Waals surface area (Å²) in [6.07, 6.45) is -2.14. The molecule has 26 heavy (non-hydrogen) atoms. The second-order valence-electron chi connectivity index (χ2n) is 4.91. The van der Waals surface area contributed by atoms with Gasteiger partial charge in [-0.1, -0.05) is 18.2 Å². The van der Waals surface area contributed by atoms with Crippen molar-refractivity contribution < 1.29 is 33.5 Å². The van der Waals surface area contributed by atoms with Gasteiger partial charge in [-0.3, -0.25) is 15.5 Å². The van der Waals surface area contributed by atoms with Crippen molar-refractivity contribution in [2.24, 2.45) is 5.10 Å². The minimum atomic E-state index is -1.16. The van der Waals surface area contributed by atoms with Crippen LogP contribution in [0, 0.1) is 10.1 Å². The van der Waals surface area contributed by atoms with E-state index >= 15 is 0 Å². The first-order valence-corrected chi connectivity index (χ1v) is 7.18. The Morgan fingerprint density at radius 2 is 1.77 bits per heavy atom. The molecule has 0 spiro atoms. The fourth-order valence-corrected chi connectivity index (χ4v) is 2.24. The van der Waals surface area contributed by atoms with Crippen molar-refractivity contribution in [1.82, 2.24) is 5.43 Å². The number of hydrazone groups is 1. The van der Waals surface area contributed by atoms with Gasteiger partial charge in [-0.05, 0) is 6.92 Å². The van der Waals surface area contributed by atoms with Crippen LogP contribution in [-0.4, -0.2) is 37.4 Å². The summed E-state index contributed by atoms with van der Waals surface area (Å²) in [5, 5.41) is 15.3. The van der Waals surface area contributed by atoms with E-state index in [9.17, 15) is 19.7 Å². The van der Waals surface area contributed by atoms with Crippen molar-refractivity contribution in [3.63, 3.8) is 0 Å². The van der Waals surface area contributed by atoms with E-state index in [-0.39, 0.29) is 28.6 Å². The summed E-state index contributed by atoms with van der Waals surface area (Å²) < 4.78 is 19.0. The topological polar surface area (TPSA) is 139 Å². The molecule has 0 bridgehead atoms. The van der Waals surface area contributed by atoms with Crippen molar-refractivity contribution in [2.75, 3.05) is 14.2 Å². The number of nitro groups is 1. The van der Waals surface area contributed by atoms with Crippen molar-refractivity contribution in [3.05, 3.63) is 51.4 Å². The summed E-state index contributed by atoms with van der Waals surface area (Å²) in [7, 11) is 2.19. The van der Waals surface area contributed by atoms with Gasteiger partial charge in [0.25, 0.3) is 5.69 Å². The molecule has 1 heterocycles.